The normalized spacial score (nSPS) is 28.9. The lowest BCUT2D eigenvalue weighted by Crippen LogP contribution is -2.37. The third-order valence-corrected chi connectivity index (χ3v) is 10.4. The van der Waals surface area contributed by atoms with Gasteiger partial charge in [0.25, 0.3) is 0 Å². The molecule has 1 aliphatic carbocycles. The second kappa shape index (κ2) is 15.1. The van der Waals surface area contributed by atoms with Crippen LogP contribution in [0.15, 0.2) is 0 Å². The van der Waals surface area contributed by atoms with Crippen molar-refractivity contribution in [3.8, 4) is 0 Å². The van der Waals surface area contributed by atoms with Gasteiger partial charge in [0.1, 0.15) is 0 Å². The van der Waals surface area contributed by atoms with Gasteiger partial charge in [0, 0.05) is 0 Å². The van der Waals surface area contributed by atoms with Crippen molar-refractivity contribution < 1.29 is 0 Å². The Labute approximate surface area is 205 Å². The largest absolute Gasteiger partial charge is 0.0654 e. The van der Waals surface area contributed by atoms with Crippen molar-refractivity contribution in [3.05, 3.63) is 0 Å². The van der Waals surface area contributed by atoms with Gasteiger partial charge in [0.05, 0.1) is 0 Å². The van der Waals surface area contributed by atoms with Crippen LogP contribution in [0.1, 0.15) is 153 Å². The average Bonchev–Trinajstić information content (AvgIpc) is 2.77. The smallest absolute Gasteiger partial charge is 0.0323 e. The van der Waals surface area contributed by atoms with Gasteiger partial charge in [-0.2, -0.15) is 0 Å². The van der Waals surface area contributed by atoms with Gasteiger partial charge in [0.2, 0.25) is 0 Å². The summed E-state index contributed by atoms with van der Waals surface area (Å²) in [5.74, 6) is 7.20. The Morgan fingerprint density at radius 1 is 0.844 bits per heavy atom. The van der Waals surface area contributed by atoms with Crippen LogP contribution in [0.2, 0.25) is 0 Å². The lowest BCUT2D eigenvalue weighted by atomic mass is 9.59. The van der Waals surface area contributed by atoms with Crippen LogP contribution in [-0.2, 0) is 0 Å². The lowest BCUT2D eigenvalue weighted by Gasteiger charge is -2.46. The van der Waals surface area contributed by atoms with Crippen LogP contribution in [0.4, 0.5) is 0 Å². The minimum atomic E-state index is 0.505. The third kappa shape index (κ3) is 8.65. The van der Waals surface area contributed by atoms with Crippen molar-refractivity contribution in [1.29, 1.82) is 0 Å². The molecule has 0 saturated heterocycles. The molecule has 0 aromatic carbocycles. The standard InChI is InChI=1S/C32H64/c1-11-16-17-20-27(14-4)31(25(7)13-3)30(24(6)12-2)22-28-23-32(9,10)29(15-5)21-18-19-26(28)8/h24-31H,11-23H2,1-10H3. The van der Waals surface area contributed by atoms with E-state index in [-0.39, 0.29) is 0 Å². The predicted octanol–water partition coefficient (Wildman–Crippen LogP) is 11.2. The van der Waals surface area contributed by atoms with E-state index in [1.807, 2.05) is 0 Å². The highest BCUT2D eigenvalue weighted by atomic mass is 14.5. The van der Waals surface area contributed by atoms with Crippen molar-refractivity contribution in [2.45, 2.75) is 153 Å². The first kappa shape index (κ1) is 30.0. The summed E-state index contributed by atoms with van der Waals surface area (Å²) in [6.45, 7) is 25.2. The van der Waals surface area contributed by atoms with E-state index in [9.17, 15) is 0 Å². The number of hydrogen-bond acceptors (Lipinski definition) is 0. The Balaban J connectivity index is 3.22. The van der Waals surface area contributed by atoms with Gasteiger partial charge >= 0.3 is 0 Å². The van der Waals surface area contributed by atoms with E-state index in [1.165, 1.54) is 83.5 Å². The molecule has 0 amide bonds. The highest BCUT2D eigenvalue weighted by molar-refractivity contribution is 4.90. The van der Waals surface area contributed by atoms with E-state index in [4.69, 9.17) is 0 Å². The van der Waals surface area contributed by atoms with E-state index in [2.05, 4.69) is 69.2 Å². The summed E-state index contributed by atoms with van der Waals surface area (Å²) in [6, 6.07) is 0. The molecule has 0 aromatic rings. The predicted molar refractivity (Wildman–Crippen MR) is 147 cm³/mol. The Morgan fingerprint density at radius 3 is 2.03 bits per heavy atom. The van der Waals surface area contributed by atoms with Crippen LogP contribution < -0.4 is 0 Å². The molecule has 1 fully saturated rings. The minimum Gasteiger partial charge on any atom is -0.0654 e. The van der Waals surface area contributed by atoms with Gasteiger partial charge in [-0.05, 0) is 72.0 Å². The summed E-state index contributed by atoms with van der Waals surface area (Å²) in [4.78, 5) is 0. The van der Waals surface area contributed by atoms with Gasteiger partial charge in [-0.15, -0.1) is 0 Å². The zero-order valence-electron chi connectivity index (χ0n) is 24.3. The maximum atomic E-state index is 2.61. The van der Waals surface area contributed by atoms with Crippen LogP contribution in [0.3, 0.4) is 0 Å². The zero-order valence-corrected chi connectivity index (χ0v) is 24.3. The van der Waals surface area contributed by atoms with Crippen LogP contribution in [0.25, 0.3) is 0 Å². The molecule has 0 nitrogen and oxygen atoms in total. The second-order valence-corrected chi connectivity index (χ2v) is 12.9. The molecule has 1 rings (SSSR count). The molecule has 192 valence electrons. The Kier molecular flexibility index (Phi) is 14.2. The summed E-state index contributed by atoms with van der Waals surface area (Å²) in [5, 5.41) is 0. The lowest BCUT2D eigenvalue weighted by molar-refractivity contribution is 0.0373. The topological polar surface area (TPSA) is 0 Å². The van der Waals surface area contributed by atoms with E-state index >= 15 is 0 Å². The van der Waals surface area contributed by atoms with Crippen molar-refractivity contribution in [1.82, 2.24) is 0 Å². The first-order valence-corrected chi connectivity index (χ1v) is 15.2. The first-order chi connectivity index (χ1) is 15.2. The third-order valence-electron chi connectivity index (χ3n) is 10.4. The van der Waals surface area contributed by atoms with Crippen molar-refractivity contribution in [2.75, 3.05) is 0 Å². The molecule has 0 N–H and O–H groups in total. The Bertz CT molecular complexity index is 463. The molecule has 8 unspecified atom stereocenters. The SMILES string of the molecule is CCCCCC(CC)C(C(C)CC)C(CC1CC(C)(C)C(CC)CCCC1C)C(C)CC. The molecule has 0 aliphatic heterocycles. The number of hydrogen-bond donors (Lipinski definition) is 0. The summed E-state index contributed by atoms with van der Waals surface area (Å²) >= 11 is 0. The highest BCUT2D eigenvalue weighted by Crippen LogP contribution is 2.49. The molecule has 0 heterocycles. The van der Waals surface area contributed by atoms with Crippen molar-refractivity contribution >= 4 is 0 Å². The Hall–Kier alpha value is 0. The number of rotatable bonds is 14. The fraction of sp³-hybridized carbons (Fsp3) is 1.00. The summed E-state index contributed by atoms with van der Waals surface area (Å²) in [6.07, 6.45) is 18.5. The van der Waals surface area contributed by atoms with Gasteiger partial charge in [-0.1, -0.05) is 133 Å². The van der Waals surface area contributed by atoms with Crippen LogP contribution in [-0.4, -0.2) is 0 Å². The second-order valence-electron chi connectivity index (χ2n) is 12.9. The van der Waals surface area contributed by atoms with Gasteiger partial charge in [-0.25, -0.2) is 0 Å². The van der Waals surface area contributed by atoms with Gasteiger partial charge in [0.15, 0.2) is 0 Å². The fourth-order valence-corrected chi connectivity index (χ4v) is 7.68. The van der Waals surface area contributed by atoms with Crippen LogP contribution in [0.5, 0.6) is 0 Å². The van der Waals surface area contributed by atoms with E-state index in [1.54, 1.807) is 0 Å². The number of unbranched alkanes of at least 4 members (excludes halogenated alkanes) is 2. The van der Waals surface area contributed by atoms with Crippen LogP contribution in [0, 0.1) is 52.8 Å². The molecule has 0 aromatic heterocycles. The molecule has 0 radical (unpaired) electrons. The van der Waals surface area contributed by atoms with E-state index < -0.39 is 0 Å². The monoisotopic (exact) mass is 449 g/mol. The fourth-order valence-electron chi connectivity index (χ4n) is 7.68. The zero-order chi connectivity index (χ0) is 24.3. The quantitative estimate of drug-likeness (QED) is 0.232. The molecular formula is C32H64. The van der Waals surface area contributed by atoms with Crippen molar-refractivity contribution in [3.63, 3.8) is 0 Å². The molecule has 1 saturated carbocycles. The molecule has 0 heteroatoms. The summed E-state index contributed by atoms with van der Waals surface area (Å²) in [5.41, 5.74) is 0.505. The van der Waals surface area contributed by atoms with Gasteiger partial charge in [-0.3, -0.25) is 0 Å². The molecule has 32 heavy (non-hydrogen) atoms. The highest BCUT2D eigenvalue weighted by Gasteiger charge is 2.40. The Morgan fingerprint density at radius 2 is 1.50 bits per heavy atom. The molecule has 1 aliphatic rings. The van der Waals surface area contributed by atoms with E-state index in [0.29, 0.717) is 5.41 Å². The minimum absolute atomic E-state index is 0.505. The molecule has 0 bridgehead atoms. The molecule has 0 spiro atoms. The summed E-state index contributed by atoms with van der Waals surface area (Å²) < 4.78 is 0. The van der Waals surface area contributed by atoms with Gasteiger partial charge < -0.3 is 0 Å². The first-order valence-electron chi connectivity index (χ1n) is 15.2. The van der Waals surface area contributed by atoms with Crippen LogP contribution >= 0.6 is 0 Å². The van der Waals surface area contributed by atoms with E-state index in [0.717, 1.165) is 47.3 Å². The average molecular weight is 449 g/mol. The van der Waals surface area contributed by atoms with Crippen molar-refractivity contribution in [2.24, 2.45) is 52.8 Å². The maximum Gasteiger partial charge on any atom is -0.0323 e. The molecule has 8 atom stereocenters. The summed E-state index contributed by atoms with van der Waals surface area (Å²) in [7, 11) is 0. The molecular weight excluding hydrogens is 384 g/mol. The maximum absolute atomic E-state index is 2.61.